The SMILES string of the molecule is CCC(=S)Nc1cc(CC)ccc1COc1ccc(C)cc1C. The predicted octanol–water partition coefficient (Wildman–Crippen LogP) is 5.59. The quantitative estimate of drug-likeness (QED) is 0.698. The van der Waals surface area contributed by atoms with Gasteiger partial charge < -0.3 is 10.1 Å². The highest BCUT2D eigenvalue weighted by atomic mass is 32.1. The highest BCUT2D eigenvalue weighted by Crippen LogP contribution is 2.24. The number of anilines is 1. The molecule has 0 saturated heterocycles. The van der Waals surface area contributed by atoms with Crippen LogP contribution in [0.1, 0.15) is 42.5 Å². The van der Waals surface area contributed by atoms with Gasteiger partial charge in [0.15, 0.2) is 0 Å². The van der Waals surface area contributed by atoms with Crippen molar-refractivity contribution >= 4 is 22.9 Å². The number of benzene rings is 2. The molecule has 1 N–H and O–H groups in total. The molecule has 2 aromatic rings. The maximum absolute atomic E-state index is 6.02. The molecule has 2 rings (SSSR count). The number of nitrogens with one attached hydrogen (secondary N) is 1. The third-order valence-corrected chi connectivity index (χ3v) is 4.28. The van der Waals surface area contributed by atoms with Crippen LogP contribution in [0, 0.1) is 13.8 Å². The number of thiocarbonyl (C=S) groups is 1. The van der Waals surface area contributed by atoms with Crippen LogP contribution in [0.3, 0.4) is 0 Å². The largest absolute Gasteiger partial charge is 0.489 e. The lowest BCUT2D eigenvalue weighted by Crippen LogP contribution is -2.11. The van der Waals surface area contributed by atoms with E-state index in [4.69, 9.17) is 17.0 Å². The van der Waals surface area contributed by atoms with E-state index in [1.807, 2.05) is 6.07 Å². The zero-order valence-corrected chi connectivity index (χ0v) is 15.2. The summed E-state index contributed by atoms with van der Waals surface area (Å²) in [6.07, 6.45) is 1.84. The normalized spacial score (nSPS) is 10.4. The van der Waals surface area contributed by atoms with Gasteiger partial charge in [0.25, 0.3) is 0 Å². The molecular formula is C20H25NOS. The summed E-state index contributed by atoms with van der Waals surface area (Å²) in [6, 6.07) is 12.7. The second-order valence-corrected chi connectivity index (χ2v) is 6.30. The van der Waals surface area contributed by atoms with Gasteiger partial charge in [-0.05, 0) is 49.9 Å². The van der Waals surface area contributed by atoms with E-state index in [0.29, 0.717) is 6.61 Å². The van der Waals surface area contributed by atoms with Crippen LogP contribution < -0.4 is 10.1 Å². The first-order valence-electron chi connectivity index (χ1n) is 8.15. The van der Waals surface area contributed by atoms with E-state index < -0.39 is 0 Å². The molecule has 3 heteroatoms. The van der Waals surface area contributed by atoms with E-state index in [1.165, 1.54) is 11.1 Å². The molecule has 0 saturated carbocycles. The van der Waals surface area contributed by atoms with Crippen molar-refractivity contribution in [1.82, 2.24) is 0 Å². The molecule has 2 nitrogen and oxygen atoms in total. The first-order chi connectivity index (χ1) is 11.0. The van der Waals surface area contributed by atoms with Gasteiger partial charge in [-0.2, -0.15) is 0 Å². The fourth-order valence-electron chi connectivity index (χ4n) is 2.44. The number of hydrogen-bond acceptors (Lipinski definition) is 2. The monoisotopic (exact) mass is 327 g/mol. The molecule has 122 valence electrons. The Morgan fingerprint density at radius 1 is 1.09 bits per heavy atom. The van der Waals surface area contributed by atoms with Gasteiger partial charge in [0, 0.05) is 11.3 Å². The van der Waals surface area contributed by atoms with Crippen LogP contribution in [0.5, 0.6) is 5.75 Å². The van der Waals surface area contributed by atoms with Crippen LogP contribution in [0.4, 0.5) is 5.69 Å². The van der Waals surface area contributed by atoms with Gasteiger partial charge in [-0.3, -0.25) is 0 Å². The first-order valence-corrected chi connectivity index (χ1v) is 8.56. The van der Waals surface area contributed by atoms with Crippen LogP contribution in [-0.4, -0.2) is 4.99 Å². The smallest absolute Gasteiger partial charge is 0.122 e. The highest BCUT2D eigenvalue weighted by molar-refractivity contribution is 7.80. The Kier molecular flexibility index (Phi) is 6.17. The molecule has 23 heavy (non-hydrogen) atoms. The molecule has 0 amide bonds. The van der Waals surface area contributed by atoms with Crippen LogP contribution in [-0.2, 0) is 13.0 Å². The topological polar surface area (TPSA) is 21.3 Å². The van der Waals surface area contributed by atoms with Crippen LogP contribution in [0.15, 0.2) is 36.4 Å². The summed E-state index contributed by atoms with van der Waals surface area (Å²) < 4.78 is 6.02. The number of aryl methyl sites for hydroxylation is 3. The van der Waals surface area contributed by atoms with E-state index in [0.717, 1.165) is 40.4 Å². The molecule has 0 aliphatic heterocycles. The van der Waals surface area contributed by atoms with E-state index in [-0.39, 0.29) is 0 Å². The standard InChI is InChI=1S/C20H25NOS/c1-5-16-8-9-17(18(12-16)21-20(23)6-2)13-22-19-10-7-14(3)11-15(19)4/h7-12H,5-6,13H2,1-4H3,(H,21,23). The summed E-state index contributed by atoms with van der Waals surface area (Å²) >= 11 is 5.34. The second-order valence-electron chi connectivity index (χ2n) is 5.80. The molecule has 0 aromatic heterocycles. The average Bonchev–Trinajstić information content (AvgIpc) is 2.54. The fraction of sp³-hybridized carbons (Fsp3) is 0.350. The zero-order chi connectivity index (χ0) is 16.8. The van der Waals surface area contributed by atoms with E-state index in [9.17, 15) is 0 Å². The van der Waals surface area contributed by atoms with Crippen molar-refractivity contribution in [3.63, 3.8) is 0 Å². The minimum Gasteiger partial charge on any atom is -0.489 e. The summed E-state index contributed by atoms with van der Waals surface area (Å²) in [5, 5.41) is 3.35. The molecule has 0 unspecified atom stereocenters. The Labute approximate surface area is 144 Å². The fourth-order valence-corrected chi connectivity index (χ4v) is 2.55. The minimum absolute atomic E-state index is 0.530. The van der Waals surface area contributed by atoms with Crippen LogP contribution >= 0.6 is 12.2 Å². The summed E-state index contributed by atoms with van der Waals surface area (Å²) in [7, 11) is 0. The lowest BCUT2D eigenvalue weighted by Gasteiger charge is -2.15. The van der Waals surface area contributed by atoms with Gasteiger partial charge in [0.05, 0.1) is 4.99 Å². The minimum atomic E-state index is 0.530. The van der Waals surface area contributed by atoms with Crippen molar-refractivity contribution in [3.05, 3.63) is 58.7 Å². The van der Waals surface area contributed by atoms with Gasteiger partial charge in [0.1, 0.15) is 12.4 Å². The summed E-state index contributed by atoms with van der Waals surface area (Å²) in [4.78, 5) is 0.853. The molecule has 0 fully saturated rings. The van der Waals surface area contributed by atoms with Crippen LogP contribution in [0.2, 0.25) is 0 Å². The van der Waals surface area contributed by atoms with Crippen molar-refractivity contribution in [2.75, 3.05) is 5.32 Å². The third-order valence-electron chi connectivity index (χ3n) is 3.89. The second kappa shape index (κ2) is 8.11. The van der Waals surface area contributed by atoms with E-state index in [1.54, 1.807) is 0 Å². The summed E-state index contributed by atoms with van der Waals surface area (Å²) in [5.41, 5.74) is 5.88. The molecular weight excluding hydrogens is 302 g/mol. The molecule has 0 radical (unpaired) electrons. The molecule has 0 aliphatic carbocycles. The van der Waals surface area contributed by atoms with Crippen LogP contribution in [0.25, 0.3) is 0 Å². The van der Waals surface area contributed by atoms with Crippen molar-refractivity contribution in [2.24, 2.45) is 0 Å². The number of ether oxygens (including phenoxy) is 1. The van der Waals surface area contributed by atoms with Gasteiger partial charge in [-0.1, -0.05) is 55.9 Å². The predicted molar refractivity (Wildman–Crippen MR) is 103 cm³/mol. The Bertz CT molecular complexity index is 694. The van der Waals surface area contributed by atoms with Crippen molar-refractivity contribution < 1.29 is 4.74 Å². The van der Waals surface area contributed by atoms with Gasteiger partial charge >= 0.3 is 0 Å². The molecule has 0 bridgehead atoms. The Hall–Kier alpha value is -1.87. The average molecular weight is 327 g/mol. The third kappa shape index (κ3) is 4.80. The zero-order valence-electron chi connectivity index (χ0n) is 14.4. The summed E-state index contributed by atoms with van der Waals surface area (Å²) in [5.74, 6) is 0.930. The molecule has 2 aromatic carbocycles. The maximum Gasteiger partial charge on any atom is 0.122 e. The lowest BCUT2D eigenvalue weighted by molar-refractivity contribution is 0.304. The molecule has 0 heterocycles. The Balaban J connectivity index is 2.19. The molecule has 0 atom stereocenters. The van der Waals surface area contributed by atoms with Gasteiger partial charge in [-0.25, -0.2) is 0 Å². The summed E-state index contributed by atoms with van der Waals surface area (Å²) in [6.45, 7) is 8.92. The maximum atomic E-state index is 6.02. The van der Waals surface area contributed by atoms with E-state index in [2.05, 4.69) is 63.3 Å². The first kappa shape index (κ1) is 17.5. The Morgan fingerprint density at radius 2 is 1.87 bits per heavy atom. The Morgan fingerprint density at radius 3 is 2.52 bits per heavy atom. The highest BCUT2D eigenvalue weighted by Gasteiger charge is 2.07. The van der Waals surface area contributed by atoms with Crippen molar-refractivity contribution in [2.45, 2.75) is 47.1 Å². The van der Waals surface area contributed by atoms with Gasteiger partial charge in [-0.15, -0.1) is 0 Å². The molecule has 0 aliphatic rings. The van der Waals surface area contributed by atoms with E-state index >= 15 is 0 Å². The number of hydrogen-bond donors (Lipinski definition) is 1. The van der Waals surface area contributed by atoms with Gasteiger partial charge in [0.2, 0.25) is 0 Å². The number of rotatable bonds is 6. The van der Waals surface area contributed by atoms with Crippen molar-refractivity contribution in [1.29, 1.82) is 0 Å². The lowest BCUT2D eigenvalue weighted by atomic mass is 10.1. The van der Waals surface area contributed by atoms with Crippen molar-refractivity contribution in [3.8, 4) is 5.75 Å². The molecule has 0 spiro atoms.